The van der Waals surface area contributed by atoms with Crippen LogP contribution in [0, 0.1) is 0 Å². The van der Waals surface area contributed by atoms with Crippen LogP contribution in [-0.4, -0.2) is 16.8 Å². The van der Waals surface area contributed by atoms with E-state index in [4.69, 9.17) is 23.2 Å². The largest absolute Gasteiger partial charge is 0.369 e. The van der Waals surface area contributed by atoms with Gasteiger partial charge in [-0.25, -0.2) is 4.98 Å². The molecular formula is C12H18Cl2N2S. The molecule has 0 saturated heterocycles. The second-order valence-corrected chi connectivity index (χ2v) is 6.11. The second kappa shape index (κ2) is 7.34. The summed E-state index contributed by atoms with van der Waals surface area (Å²) in [4.78, 5) is 4.49. The molecule has 17 heavy (non-hydrogen) atoms. The fraction of sp³-hybridized carbons (Fsp3) is 0.583. The van der Waals surface area contributed by atoms with Crippen LogP contribution < -0.4 is 5.32 Å². The van der Waals surface area contributed by atoms with Gasteiger partial charge in [-0.15, -0.1) is 11.8 Å². The third kappa shape index (κ3) is 4.57. The summed E-state index contributed by atoms with van der Waals surface area (Å²) >= 11 is 13.9. The topological polar surface area (TPSA) is 24.9 Å². The molecule has 1 atom stereocenters. The minimum Gasteiger partial charge on any atom is -0.369 e. The lowest BCUT2D eigenvalue weighted by Gasteiger charge is -2.12. The molecule has 1 aromatic heterocycles. The minimum absolute atomic E-state index is 0.500. The molecule has 0 bridgehead atoms. The van der Waals surface area contributed by atoms with Crippen molar-refractivity contribution in [2.75, 3.05) is 11.9 Å². The van der Waals surface area contributed by atoms with Crippen molar-refractivity contribution in [3.63, 3.8) is 0 Å². The SMILES string of the molecule is CCCNc1nc(SC(C)CC)c(Cl)cc1Cl. The van der Waals surface area contributed by atoms with Crippen LogP contribution >= 0.6 is 35.0 Å². The van der Waals surface area contributed by atoms with Crippen molar-refractivity contribution in [3.05, 3.63) is 16.1 Å². The number of nitrogens with one attached hydrogen (secondary N) is 1. The van der Waals surface area contributed by atoms with Gasteiger partial charge in [0, 0.05) is 11.8 Å². The molecule has 0 saturated carbocycles. The van der Waals surface area contributed by atoms with Gasteiger partial charge in [0.15, 0.2) is 0 Å². The third-order valence-corrected chi connectivity index (χ3v) is 4.29. The van der Waals surface area contributed by atoms with Gasteiger partial charge in [0.05, 0.1) is 10.0 Å². The summed E-state index contributed by atoms with van der Waals surface area (Å²) in [5.41, 5.74) is 0. The Labute approximate surface area is 117 Å². The van der Waals surface area contributed by atoms with Crippen molar-refractivity contribution >= 4 is 40.8 Å². The molecule has 1 aromatic rings. The fourth-order valence-corrected chi connectivity index (χ4v) is 2.60. The molecule has 0 aliphatic heterocycles. The zero-order valence-corrected chi connectivity index (χ0v) is 12.7. The first-order valence-electron chi connectivity index (χ1n) is 5.85. The lowest BCUT2D eigenvalue weighted by atomic mass is 10.4. The summed E-state index contributed by atoms with van der Waals surface area (Å²) in [6.07, 6.45) is 2.12. The van der Waals surface area contributed by atoms with E-state index in [1.807, 2.05) is 0 Å². The number of halogens is 2. The highest BCUT2D eigenvalue weighted by Crippen LogP contribution is 2.34. The minimum atomic E-state index is 0.500. The Morgan fingerprint density at radius 2 is 2.06 bits per heavy atom. The number of thioether (sulfide) groups is 1. The van der Waals surface area contributed by atoms with Gasteiger partial charge in [0.2, 0.25) is 0 Å². The van der Waals surface area contributed by atoms with Crippen molar-refractivity contribution in [2.24, 2.45) is 0 Å². The molecule has 0 fully saturated rings. The van der Waals surface area contributed by atoms with Gasteiger partial charge in [-0.2, -0.15) is 0 Å². The molecule has 0 spiro atoms. The molecule has 0 amide bonds. The van der Waals surface area contributed by atoms with Crippen LogP contribution in [0.2, 0.25) is 10.0 Å². The zero-order chi connectivity index (χ0) is 12.8. The third-order valence-electron chi connectivity index (χ3n) is 2.33. The van der Waals surface area contributed by atoms with Crippen molar-refractivity contribution in [2.45, 2.75) is 43.9 Å². The van der Waals surface area contributed by atoms with Crippen LogP contribution in [0.4, 0.5) is 5.82 Å². The highest BCUT2D eigenvalue weighted by molar-refractivity contribution is 7.99. The standard InChI is InChI=1S/C12H18Cl2N2S/c1-4-6-15-11-9(13)7-10(14)12(16-11)17-8(3)5-2/h7-8H,4-6H2,1-3H3,(H,15,16). The highest BCUT2D eigenvalue weighted by Gasteiger charge is 2.12. The van der Waals surface area contributed by atoms with E-state index >= 15 is 0 Å². The van der Waals surface area contributed by atoms with Crippen LogP contribution in [0.25, 0.3) is 0 Å². The van der Waals surface area contributed by atoms with Crippen LogP contribution in [0.5, 0.6) is 0 Å². The van der Waals surface area contributed by atoms with Crippen LogP contribution in [-0.2, 0) is 0 Å². The molecule has 0 radical (unpaired) electrons. The van der Waals surface area contributed by atoms with E-state index in [1.165, 1.54) is 0 Å². The summed E-state index contributed by atoms with van der Waals surface area (Å²) in [6, 6.07) is 1.76. The van der Waals surface area contributed by atoms with Crippen LogP contribution in [0.3, 0.4) is 0 Å². The number of hydrogen-bond acceptors (Lipinski definition) is 3. The molecule has 2 nitrogen and oxygen atoms in total. The van der Waals surface area contributed by atoms with Gasteiger partial charge in [-0.05, 0) is 18.9 Å². The van der Waals surface area contributed by atoms with Crippen LogP contribution in [0.15, 0.2) is 11.1 Å². The Balaban J connectivity index is 2.89. The molecule has 0 aromatic carbocycles. The average Bonchev–Trinajstić information content (AvgIpc) is 2.30. The Morgan fingerprint density at radius 3 is 2.65 bits per heavy atom. The van der Waals surface area contributed by atoms with Gasteiger partial charge in [-0.3, -0.25) is 0 Å². The summed E-state index contributed by atoms with van der Waals surface area (Å²) in [5.74, 6) is 0.726. The first-order valence-corrected chi connectivity index (χ1v) is 7.48. The normalized spacial score (nSPS) is 12.5. The molecule has 1 unspecified atom stereocenters. The maximum Gasteiger partial charge on any atom is 0.146 e. The number of pyridine rings is 1. The molecule has 1 rings (SSSR count). The molecule has 1 N–H and O–H groups in total. The van der Waals surface area contributed by atoms with Crippen LogP contribution in [0.1, 0.15) is 33.6 Å². The number of rotatable bonds is 6. The number of hydrogen-bond donors (Lipinski definition) is 1. The van der Waals surface area contributed by atoms with E-state index in [0.29, 0.717) is 15.3 Å². The maximum absolute atomic E-state index is 6.14. The molecule has 5 heteroatoms. The Hall–Kier alpha value is -0.120. The summed E-state index contributed by atoms with van der Waals surface area (Å²) in [6.45, 7) is 7.28. The molecule has 1 heterocycles. The van der Waals surface area contributed by atoms with Gasteiger partial charge >= 0.3 is 0 Å². The Kier molecular flexibility index (Phi) is 6.45. The number of nitrogens with zero attached hydrogens (tertiary/aromatic N) is 1. The van der Waals surface area contributed by atoms with Gasteiger partial charge in [-0.1, -0.05) is 44.0 Å². The monoisotopic (exact) mass is 292 g/mol. The molecule has 0 aliphatic carbocycles. The van der Waals surface area contributed by atoms with E-state index < -0.39 is 0 Å². The summed E-state index contributed by atoms with van der Waals surface area (Å²) in [7, 11) is 0. The molecule has 0 aliphatic rings. The second-order valence-electron chi connectivity index (χ2n) is 3.87. The van der Waals surface area contributed by atoms with Crippen molar-refractivity contribution in [1.29, 1.82) is 0 Å². The van der Waals surface area contributed by atoms with E-state index in [-0.39, 0.29) is 0 Å². The summed E-state index contributed by atoms with van der Waals surface area (Å²) in [5, 5.41) is 5.77. The summed E-state index contributed by atoms with van der Waals surface area (Å²) < 4.78 is 0. The lowest BCUT2D eigenvalue weighted by Crippen LogP contribution is -2.04. The predicted octanol–water partition coefficient (Wildman–Crippen LogP) is 5.10. The molecular weight excluding hydrogens is 275 g/mol. The fourth-order valence-electron chi connectivity index (χ4n) is 1.17. The first-order chi connectivity index (χ1) is 8.08. The Morgan fingerprint density at radius 1 is 1.35 bits per heavy atom. The predicted molar refractivity (Wildman–Crippen MR) is 78.6 cm³/mol. The van der Waals surface area contributed by atoms with Crippen molar-refractivity contribution in [3.8, 4) is 0 Å². The van der Waals surface area contributed by atoms with Gasteiger partial charge in [0.25, 0.3) is 0 Å². The quantitative estimate of drug-likeness (QED) is 0.738. The van der Waals surface area contributed by atoms with E-state index in [0.717, 1.165) is 30.2 Å². The number of aromatic nitrogens is 1. The number of anilines is 1. The first kappa shape index (κ1) is 14.9. The van der Waals surface area contributed by atoms with Gasteiger partial charge in [0.1, 0.15) is 10.8 Å². The maximum atomic E-state index is 6.14. The molecule has 96 valence electrons. The van der Waals surface area contributed by atoms with Crippen molar-refractivity contribution < 1.29 is 0 Å². The van der Waals surface area contributed by atoms with Gasteiger partial charge < -0.3 is 5.32 Å². The highest BCUT2D eigenvalue weighted by atomic mass is 35.5. The smallest absolute Gasteiger partial charge is 0.146 e. The lowest BCUT2D eigenvalue weighted by molar-refractivity contribution is 0.900. The van der Waals surface area contributed by atoms with E-state index in [1.54, 1.807) is 17.8 Å². The zero-order valence-electron chi connectivity index (χ0n) is 10.4. The van der Waals surface area contributed by atoms with E-state index in [2.05, 4.69) is 31.1 Å². The average molecular weight is 293 g/mol. The Bertz CT molecular complexity index is 372. The van der Waals surface area contributed by atoms with E-state index in [9.17, 15) is 0 Å². The van der Waals surface area contributed by atoms with Crippen molar-refractivity contribution in [1.82, 2.24) is 4.98 Å².